The van der Waals surface area contributed by atoms with Gasteiger partial charge in [-0.15, -0.1) is 0 Å². The summed E-state index contributed by atoms with van der Waals surface area (Å²) in [4.78, 5) is 48.3. The summed E-state index contributed by atoms with van der Waals surface area (Å²) in [6.07, 6.45) is 1.33. The average molecular weight is 539 g/mol. The second-order valence-electron chi connectivity index (χ2n) is 8.16. The van der Waals surface area contributed by atoms with Crippen LogP contribution >= 0.6 is 0 Å². The summed E-state index contributed by atoms with van der Waals surface area (Å²) >= 11 is 0. The van der Waals surface area contributed by atoms with Gasteiger partial charge in [-0.05, 0) is 60.7 Å². The van der Waals surface area contributed by atoms with Crippen molar-refractivity contribution in [3.63, 3.8) is 0 Å². The van der Waals surface area contributed by atoms with Gasteiger partial charge in [0.1, 0.15) is 11.5 Å². The number of hydrogen-bond acceptors (Lipinski definition) is 8. The van der Waals surface area contributed by atoms with Crippen molar-refractivity contribution in [2.45, 2.75) is 0 Å². The largest absolute Gasteiger partial charge is 0.497 e. The zero-order chi connectivity index (χ0) is 28.5. The predicted octanol–water partition coefficient (Wildman–Crippen LogP) is 4.84. The fourth-order valence-corrected chi connectivity index (χ4v) is 3.51. The van der Waals surface area contributed by atoms with Gasteiger partial charge in [0.15, 0.2) is 0 Å². The number of ether oxygens (including phenoxy) is 2. The Labute approximate surface area is 228 Å². The first-order valence-electron chi connectivity index (χ1n) is 11.8. The molecule has 0 radical (unpaired) electrons. The molecule has 4 aromatic carbocycles. The van der Waals surface area contributed by atoms with Crippen molar-refractivity contribution in [2.75, 3.05) is 12.4 Å². The predicted molar refractivity (Wildman–Crippen MR) is 147 cm³/mol. The number of amides is 2. The number of rotatable bonds is 9. The van der Waals surface area contributed by atoms with Gasteiger partial charge in [-0.2, -0.15) is 5.10 Å². The molecule has 0 aliphatic heterocycles. The lowest BCUT2D eigenvalue weighted by Gasteiger charge is -2.10. The second kappa shape index (κ2) is 12.6. The number of esters is 1. The summed E-state index contributed by atoms with van der Waals surface area (Å²) in [5.74, 6) is -0.899. The Kier molecular flexibility index (Phi) is 8.57. The molecule has 0 aliphatic rings. The lowest BCUT2D eigenvalue weighted by Crippen LogP contribution is -2.21. The van der Waals surface area contributed by atoms with Crippen LogP contribution in [0.15, 0.2) is 102 Å². The van der Waals surface area contributed by atoms with E-state index in [0.717, 1.165) is 0 Å². The van der Waals surface area contributed by atoms with Crippen molar-refractivity contribution < 1.29 is 28.8 Å². The molecule has 40 heavy (non-hydrogen) atoms. The lowest BCUT2D eigenvalue weighted by atomic mass is 10.1. The van der Waals surface area contributed by atoms with Gasteiger partial charge in [0.25, 0.3) is 17.5 Å². The minimum Gasteiger partial charge on any atom is -0.497 e. The number of carbonyl (C=O) groups is 3. The number of hydrogen-bond donors (Lipinski definition) is 2. The molecule has 0 heterocycles. The zero-order valence-electron chi connectivity index (χ0n) is 21.1. The van der Waals surface area contributed by atoms with Crippen molar-refractivity contribution in [1.29, 1.82) is 0 Å². The number of non-ortho nitro benzene ring substituents is 1. The van der Waals surface area contributed by atoms with E-state index in [9.17, 15) is 24.5 Å². The molecule has 11 heteroatoms. The molecule has 0 unspecified atom stereocenters. The summed E-state index contributed by atoms with van der Waals surface area (Å²) in [5.41, 5.74) is 3.54. The lowest BCUT2D eigenvalue weighted by molar-refractivity contribution is -0.384. The molecule has 2 N–H and O–H groups in total. The van der Waals surface area contributed by atoms with Crippen molar-refractivity contribution in [2.24, 2.45) is 5.10 Å². The highest BCUT2D eigenvalue weighted by Crippen LogP contribution is 2.20. The van der Waals surface area contributed by atoms with E-state index in [1.165, 1.54) is 49.7 Å². The molecule has 2 amide bonds. The third-order valence-corrected chi connectivity index (χ3v) is 5.58. The Balaban J connectivity index is 1.43. The minimum absolute atomic E-state index is 0.133. The van der Waals surface area contributed by atoms with Gasteiger partial charge >= 0.3 is 5.97 Å². The highest BCUT2D eigenvalue weighted by molar-refractivity contribution is 6.09. The normalized spacial score (nSPS) is 10.5. The molecule has 11 nitrogen and oxygen atoms in total. The topological polar surface area (TPSA) is 149 Å². The molecule has 4 rings (SSSR count). The maximum absolute atomic E-state index is 12.8. The summed E-state index contributed by atoms with van der Waals surface area (Å²) in [6.45, 7) is 0. The summed E-state index contributed by atoms with van der Waals surface area (Å²) in [7, 11) is 1.53. The van der Waals surface area contributed by atoms with Gasteiger partial charge in [-0.3, -0.25) is 19.7 Å². The summed E-state index contributed by atoms with van der Waals surface area (Å²) in [5, 5.41) is 17.4. The van der Waals surface area contributed by atoms with Gasteiger partial charge in [-0.25, -0.2) is 10.2 Å². The van der Waals surface area contributed by atoms with E-state index in [0.29, 0.717) is 16.9 Å². The quantitative estimate of drug-likeness (QED) is 0.102. The number of carbonyl (C=O) groups excluding carboxylic acids is 3. The molecule has 0 aromatic heterocycles. The molecular weight excluding hydrogens is 516 g/mol. The van der Waals surface area contributed by atoms with Crippen LogP contribution in [0.25, 0.3) is 0 Å². The van der Waals surface area contributed by atoms with Crippen LogP contribution in [0.4, 0.5) is 11.4 Å². The van der Waals surface area contributed by atoms with E-state index in [2.05, 4.69) is 15.8 Å². The summed E-state index contributed by atoms with van der Waals surface area (Å²) < 4.78 is 10.6. The van der Waals surface area contributed by atoms with Crippen molar-refractivity contribution >= 4 is 35.4 Å². The number of nitrogens with zero attached hydrogens (tertiary/aromatic N) is 2. The van der Waals surface area contributed by atoms with E-state index in [1.54, 1.807) is 60.7 Å². The van der Waals surface area contributed by atoms with Gasteiger partial charge in [0, 0.05) is 23.3 Å². The first-order chi connectivity index (χ1) is 19.4. The minimum atomic E-state index is -0.608. The van der Waals surface area contributed by atoms with E-state index >= 15 is 0 Å². The van der Waals surface area contributed by atoms with Gasteiger partial charge in [0.2, 0.25) is 0 Å². The standard InChI is InChI=1S/C29H22N4O7/c1-39-23-16-12-20(13-17-23)29(36)40-26-9-5-2-6-21(26)18-30-32-28(35)24-7-3-4-8-25(24)31-27(34)19-10-14-22(15-11-19)33(37)38/h2-18H,1H3,(H,31,34)(H,32,35)/b30-18-. The first-order valence-corrected chi connectivity index (χ1v) is 11.8. The SMILES string of the molecule is COc1ccc(C(=O)Oc2ccccc2/C=N\NC(=O)c2ccccc2NC(=O)c2ccc([N+](=O)[O-])cc2)cc1. The molecule has 0 saturated heterocycles. The second-order valence-corrected chi connectivity index (χ2v) is 8.16. The van der Waals surface area contributed by atoms with Crippen LogP contribution in [0.1, 0.15) is 36.6 Å². The molecule has 0 atom stereocenters. The molecule has 0 bridgehead atoms. The van der Waals surface area contributed by atoms with E-state index < -0.39 is 22.7 Å². The van der Waals surface area contributed by atoms with Crippen LogP contribution < -0.4 is 20.2 Å². The molecule has 0 fully saturated rings. The Hall–Kier alpha value is -5.84. The molecule has 200 valence electrons. The zero-order valence-corrected chi connectivity index (χ0v) is 21.1. The highest BCUT2D eigenvalue weighted by atomic mass is 16.6. The summed E-state index contributed by atoms with van der Waals surface area (Å²) in [6, 6.07) is 24.5. The number of nitro benzene ring substituents is 1. The van der Waals surface area contributed by atoms with Crippen LogP contribution in [0.3, 0.4) is 0 Å². The van der Waals surface area contributed by atoms with Gasteiger partial charge in [0.05, 0.1) is 35.1 Å². The number of nitrogens with one attached hydrogen (secondary N) is 2. The maximum atomic E-state index is 12.8. The van der Waals surface area contributed by atoms with E-state index in [1.807, 2.05) is 0 Å². The van der Waals surface area contributed by atoms with Crippen LogP contribution in [0, 0.1) is 10.1 Å². The number of benzene rings is 4. The molecule has 0 spiro atoms. The van der Waals surface area contributed by atoms with Crippen LogP contribution in [0.2, 0.25) is 0 Å². The van der Waals surface area contributed by atoms with Gasteiger partial charge < -0.3 is 14.8 Å². The van der Waals surface area contributed by atoms with Crippen LogP contribution in [-0.4, -0.2) is 36.0 Å². The maximum Gasteiger partial charge on any atom is 0.343 e. The smallest absolute Gasteiger partial charge is 0.343 e. The number of hydrazone groups is 1. The Morgan fingerprint density at radius 2 is 1.48 bits per heavy atom. The number of anilines is 1. The fourth-order valence-electron chi connectivity index (χ4n) is 3.51. The first kappa shape index (κ1) is 27.2. The Morgan fingerprint density at radius 3 is 2.17 bits per heavy atom. The monoisotopic (exact) mass is 538 g/mol. The average Bonchev–Trinajstić information content (AvgIpc) is 2.98. The third-order valence-electron chi connectivity index (χ3n) is 5.58. The van der Waals surface area contributed by atoms with Gasteiger partial charge in [-0.1, -0.05) is 24.3 Å². The Morgan fingerprint density at radius 1 is 0.825 bits per heavy atom. The van der Waals surface area contributed by atoms with Crippen LogP contribution in [0.5, 0.6) is 11.5 Å². The molecule has 0 saturated carbocycles. The molecule has 0 aliphatic carbocycles. The van der Waals surface area contributed by atoms with Crippen molar-refractivity contribution in [3.8, 4) is 11.5 Å². The highest BCUT2D eigenvalue weighted by Gasteiger charge is 2.15. The van der Waals surface area contributed by atoms with E-state index in [4.69, 9.17) is 9.47 Å². The molecule has 4 aromatic rings. The number of methoxy groups -OCH3 is 1. The van der Waals surface area contributed by atoms with E-state index in [-0.39, 0.29) is 28.3 Å². The van der Waals surface area contributed by atoms with Crippen LogP contribution in [-0.2, 0) is 0 Å². The Bertz CT molecular complexity index is 1580. The number of para-hydroxylation sites is 2. The van der Waals surface area contributed by atoms with Crippen molar-refractivity contribution in [3.05, 3.63) is 129 Å². The number of nitro groups is 1. The molecular formula is C29H22N4O7. The van der Waals surface area contributed by atoms with Crippen molar-refractivity contribution in [1.82, 2.24) is 5.43 Å². The fraction of sp³-hybridized carbons (Fsp3) is 0.0345. The third kappa shape index (κ3) is 6.72.